The second-order valence-electron chi connectivity index (χ2n) is 5.79. The summed E-state index contributed by atoms with van der Waals surface area (Å²) in [5.74, 6) is 0.0262. The van der Waals surface area contributed by atoms with Gasteiger partial charge in [0.25, 0.3) is 0 Å². The van der Waals surface area contributed by atoms with Crippen molar-refractivity contribution in [3.63, 3.8) is 0 Å². The third-order valence-electron chi connectivity index (χ3n) is 3.87. The number of amides is 1. The number of thioether (sulfide) groups is 1. The molecule has 0 saturated heterocycles. The molecule has 0 bridgehead atoms. The number of benzene rings is 2. The first-order chi connectivity index (χ1) is 11.0. The zero-order valence-corrected chi connectivity index (χ0v) is 15.0. The number of nitrogens with zero attached hydrogens (tertiary/aromatic N) is 1. The monoisotopic (exact) mass is 328 g/mol. The molecule has 1 atom stereocenters. The highest BCUT2D eigenvalue weighted by atomic mass is 32.2. The van der Waals surface area contributed by atoms with Crippen LogP contribution in [0.1, 0.15) is 22.7 Å². The van der Waals surface area contributed by atoms with Crippen LogP contribution in [0.4, 0.5) is 0 Å². The molecule has 2 aromatic carbocycles. The van der Waals surface area contributed by atoms with E-state index in [-0.39, 0.29) is 11.9 Å². The molecule has 0 aromatic heterocycles. The lowest BCUT2D eigenvalue weighted by Crippen LogP contribution is -2.37. The number of likely N-dealkylation sites (N-methyl/N-ethyl adjacent to an activating group) is 1. The van der Waals surface area contributed by atoms with E-state index in [4.69, 9.17) is 0 Å². The van der Waals surface area contributed by atoms with Gasteiger partial charge in [-0.3, -0.25) is 9.69 Å². The maximum atomic E-state index is 12.7. The first-order valence-electron chi connectivity index (χ1n) is 7.65. The van der Waals surface area contributed by atoms with Crippen LogP contribution in [0.25, 0.3) is 0 Å². The molecule has 4 heteroatoms. The van der Waals surface area contributed by atoms with Crippen molar-refractivity contribution in [1.82, 2.24) is 10.2 Å². The number of carbonyl (C=O) groups is 1. The molecule has 23 heavy (non-hydrogen) atoms. The van der Waals surface area contributed by atoms with Gasteiger partial charge in [0.2, 0.25) is 5.91 Å². The van der Waals surface area contributed by atoms with E-state index < -0.39 is 0 Å². The molecule has 122 valence electrons. The highest BCUT2D eigenvalue weighted by Crippen LogP contribution is 2.22. The first-order valence-corrected chi connectivity index (χ1v) is 8.88. The van der Waals surface area contributed by atoms with Crippen LogP contribution in [0.2, 0.25) is 0 Å². The minimum absolute atomic E-state index is 0.0262. The second kappa shape index (κ2) is 8.18. The quantitative estimate of drug-likeness (QED) is 0.822. The minimum atomic E-state index is -0.276. The van der Waals surface area contributed by atoms with Gasteiger partial charge in [0, 0.05) is 11.4 Å². The van der Waals surface area contributed by atoms with Gasteiger partial charge in [-0.2, -0.15) is 0 Å². The second-order valence-corrected chi connectivity index (χ2v) is 6.67. The summed E-state index contributed by atoms with van der Waals surface area (Å²) in [5, 5.41) is 3.06. The molecular formula is C19H24N2OS. The predicted octanol–water partition coefficient (Wildman–Crippen LogP) is 3.64. The Labute approximate surface area is 143 Å². The summed E-state index contributed by atoms with van der Waals surface area (Å²) in [5.41, 5.74) is 3.29. The van der Waals surface area contributed by atoms with Crippen molar-refractivity contribution >= 4 is 17.7 Å². The lowest BCUT2D eigenvalue weighted by atomic mass is 10.00. The molecule has 1 unspecified atom stereocenters. The molecular weight excluding hydrogens is 304 g/mol. The molecule has 2 rings (SSSR count). The number of carbonyl (C=O) groups excluding carboxylic acids is 1. The average Bonchev–Trinajstić information content (AvgIpc) is 2.55. The van der Waals surface area contributed by atoms with Gasteiger partial charge in [-0.15, -0.1) is 11.8 Å². The Morgan fingerprint density at radius 2 is 1.78 bits per heavy atom. The van der Waals surface area contributed by atoms with E-state index >= 15 is 0 Å². The van der Waals surface area contributed by atoms with Crippen molar-refractivity contribution in [2.75, 3.05) is 20.4 Å². The van der Waals surface area contributed by atoms with Gasteiger partial charge < -0.3 is 5.32 Å². The van der Waals surface area contributed by atoms with Crippen molar-refractivity contribution in [1.29, 1.82) is 0 Å². The van der Waals surface area contributed by atoms with Crippen LogP contribution < -0.4 is 5.32 Å². The standard InChI is InChI=1S/C19H24N2OS/c1-14-7-5-6-8-17(14)18(21(2)3)19(22)20-13-15-9-11-16(23-4)12-10-15/h5-12,18H,13H2,1-4H3,(H,20,22). The van der Waals surface area contributed by atoms with Crippen molar-refractivity contribution < 1.29 is 4.79 Å². The Balaban J connectivity index is 2.08. The van der Waals surface area contributed by atoms with Gasteiger partial charge in [-0.1, -0.05) is 36.4 Å². The van der Waals surface area contributed by atoms with Crippen molar-refractivity contribution in [3.8, 4) is 0 Å². The van der Waals surface area contributed by atoms with Crippen LogP contribution in [0.3, 0.4) is 0 Å². The molecule has 1 amide bonds. The molecule has 0 heterocycles. The van der Waals surface area contributed by atoms with Crippen LogP contribution in [-0.4, -0.2) is 31.2 Å². The third kappa shape index (κ3) is 4.60. The highest BCUT2D eigenvalue weighted by molar-refractivity contribution is 7.98. The van der Waals surface area contributed by atoms with E-state index in [1.165, 1.54) is 4.90 Å². The Bertz CT molecular complexity index is 653. The fraction of sp³-hybridized carbons (Fsp3) is 0.316. The zero-order valence-electron chi connectivity index (χ0n) is 14.2. The van der Waals surface area contributed by atoms with Crippen molar-refractivity contribution in [3.05, 3.63) is 65.2 Å². The topological polar surface area (TPSA) is 32.3 Å². The van der Waals surface area contributed by atoms with Gasteiger partial charge in [0.1, 0.15) is 6.04 Å². The Hall–Kier alpha value is -1.78. The molecule has 0 aliphatic carbocycles. The van der Waals surface area contributed by atoms with Crippen LogP contribution in [0.15, 0.2) is 53.4 Å². The van der Waals surface area contributed by atoms with Gasteiger partial charge in [-0.05, 0) is 56.1 Å². The SMILES string of the molecule is CSc1ccc(CNC(=O)C(c2ccccc2C)N(C)C)cc1. The zero-order chi connectivity index (χ0) is 16.8. The summed E-state index contributed by atoms with van der Waals surface area (Å²) in [6.07, 6.45) is 2.06. The van der Waals surface area contributed by atoms with E-state index in [1.54, 1.807) is 11.8 Å². The van der Waals surface area contributed by atoms with Gasteiger partial charge >= 0.3 is 0 Å². The lowest BCUT2D eigenvalue weighted by Gasteiger charge is -2.25. The molecule has 0 aliphatic heterocycles. The molecule has 0 aliphatic rings. The van der Waals surface area contributed by atoms with E-state index in [9.17, 15) is 4.79 Å². The summed E-state index contributed by atoms with van der Waals surface area (Å²) in [7, 11) is 3.87. The Morgan fingerprint density at radius 1 is 1.13 bits per heavy atom. The van der Waals surface area contributed by atoms with Crippen LogP contribution >= 0.6 is 11.8 Å². The fourth-order valence-corrected chi connectivity index (χ4v) is 2.98. The smallest absolute Gasteiger partial charge is 0.242 e. The molecule has 0 radical (unpaired) electrons. The van der Waals surface area contributed by atoms with Crippen molar-refractivity contribution in [2.45, 2.75) is 24.4 Å². The first kappa shape index (κ1) is 17.6. The normalized spacial score (nSPS) is 12.2. The highest BCUT2D eigenvalue weighted by Gasteiger charge is 2.23. The molecule has 0 spiro atoms. The Morgan fingerprint density at radius 3 is 2.35 bits per heavy atom. The average molecular weight is 328 g/mol. The predicted molar refractivity (Wildman–Crippen MR) is 97.7 cm³/mol. The van der Waals surface area contributed by atoms with Crippen LogP contribution in [0.5, 0.6) is 0 Å². The fourth-order valence-electron chi connectivity index (χ4n) is 2.58. The minimum Gasteiger partial charge on any atom is -0.350 e. The van der Waals surface area contributed by atoms with Gasteiger partial charge in [0.05, 0.1) is 0 Å². The maximum absolute atomic E-state index is 12.7. The van der Waals surface area contributed by atoms with E-state index in [2.05, 4.69) is 35.8 Å². The van der Waals surface area contributed by atoms with Gasteiger partial charge in [-0.25, -0.2) is 0 Å². The van der Waals surface area contributed by atoms with Crippen molar-refractivity contribution in [2.24, 2.45) is 0 Å². The number of nitrogens with one attached hydrogen (secondary N) is 1. The molecule has 1 N–H and O–H groups in total. The largest absolute Gasteiger partial charge is 0.350 e. The number of hydrogen-bond donors (Lipinski definition) is 1. The number of hydrogen-bond acceptors (Lipinski definition) is 3. The summed E-state index contributed by atoms with van der Waals surface area (Å²) < 4.78 is 0. The molecule has 2 aromatic rings. The molecule has 0 saturated carbocycles. The van der Waals surface area contributed by atoms with Crippen LogP contribution in [-0.2, 0) is 11.3 Å². The van der Waals surface area contributed by atoms with E-state index in [1.807, 2.05) is 50.2 Å². The summed E-state index contributed by atoms with van der Waals surface area (Å²) in [6.45, 7) is 2.59. The third-order valence-corrected chi connectivity index (χ3v) is 4.62. The summed E-state index contributed by atoms with van der Waals surface area (Å²) in [4.78, 5) is 15.9. The lowest BCUT2D eigenvalue weighted by molar-refractivity contribution is -0.126. The maximum Gasteiger partial charge on any atom is 0.242 e. The van der Waals surface area contributed by atoms with Gasteiger partial charge in [0.15, 0.2) is 0 Å². The van der Waals surface area contributed by atoms with Crippen LogP contribution in [0, 0.1) is 6.92 Å². The summed E-state index contributed by atoms with van der Waals surface area (Å²) >= 11 is 1.72. The number of aryl methyl sites for hydroxylation is 1. The molecule has 3 nitrogen and oxygen atoms in total. The molecule has 0 fully saturated rings. The number of rotatable bonds is 6. The van der Waals surface area contributed by atoms with E-state index in [0.29, 0.717) is 6.54 Å². The Kier molecular flexibility index (Phi) is 6.25. The summed E-state index contributed by atoms with van der Waals surface area (Å²) in [6, 6.07) is 16.0. The van der Waals surface area contributed by atoms with E-state index in [0.717, 1.165) is 16.7 Å².